The number of hydrogen-bond donors (Lipinski definition) is 2. The van der Waals surface area contributed by atoms with E-state index in [1.54, 1.807) is 18.2 Å². The third-order valence-corrected chi connectivity index (χ3v) is 7.26. The van der Waals surface area contributed by atoms with Crippen LogP contribution < -0.4 is 15.5 Å². The maximum absolute atomic E-state index is 12.4. The lowest BCUT2D eigenvalue weighted by Gasteiger charge is -2.37. The number of piperazine rings is 1. The van der Waals surface area contributed by atoms with E-state index in [1.165, 1.54) is 6.08 Å². The fraction of sp³-hybridized carbons (Fsp3) is 0.276. The molecule has 0 radical (unpaired) electrons. The van der Waals surface area contributed by atoms with Crippen molar-refractivity contribution in [1.29, 1.82) is 0 Å². The Labute approximate surface area is 243 Å². The molecule has 3 aromatic rings. The lowest BCUT2D eigenvalue weighted by atomic mass is 10.1. The Bertz CT molecular complexity index is 1410. The van der Waals surface area contributed by atoms with Crippen LogP contribution in [0.5, 0.6) is 0 Å². The monoisotopic (exact) mass is 584 g/mol. The number of benzene rings is 2. The van der Waals surface area contributed by atoms with Crippen molar-refractivity contribution < 1.29 is 14.0 Å². The second-order valence-electron chi connectivity index (χ2n) is 9.58. The number of thiocarbonyl (C=S) groups is 1. The van der Waals surface area contributed by atoms with Crippen molar-refractivity contribution in [3.63, 3.8) is 0 Å². The molecule has 1 fully saturated rings. The van der Waals surface area contributed by atoms with Gasteiger partial charge in [-0.15, -0.1) is 0 Å². The van der Waals surface area contributed by atoms with Crippen LogP contribution in [0.25, 0.3) is 17.4 Å². The second-order valence-corrected chi connectivity index (χ2v) is 10.8. The highest BCUT2D eigenvalue weighted by Gasteiger charge is 2.24. The first-order valence-electron chi connectivity index (χ1n) is 12.6. The van der Waals surface area contributed by atoms with Crippen molar-refractivity contribution in [3.05, 3.63) is 76.0 Å². The summed E-state index contributed by atoms with van der Waals surface area (Å²) >= 11 is 18.1. The third-order valence-electron chi connectivity index (χ3n) is 6.35. The first-order chi connectivity index (χ1) is 18.6. The number of carbonyl (C=O) groups is 2. The van der Waals surface area contributed by atoms with Crippen molar-refractivity contribution in [3.8, 4) is 11.3 Å². The molecule has 0 bridgehead atoms. The summed E-state index contributed by atoms with van der Waals surface area (Å²) in [7, 11) is 0. The van der Waals surface area contributed by atoms with E-state index in [9.17, 15) is 9.59 Å². The van der Waals surface area contributed by atoms with Crippen LogP contribution in [0.4, 0.5) is 11.4 Å². The molecule has 0 unspecified atom stereocenters. The van der Waals surface area contributed by atoms with E-state index in [2.05, 4.69) is 15.5 Å². The van der Waals surface area contributed by atoms with Crippen molar-refractivity contribution in [2.24, 2.45) is 5.92 Å². The highest BCUT2D eigenvalue weighted by Crippen LogP contribution is 2.30. The van der Waals surface area contributed by atoms with Gasteiger partial charge in [0.1, 0.15) is 11.5 Å². The number of halogens is 2. The largest absolute Gasteiger partial charge is 0.457 e. The number of nitrogens with zero attached hydrogens (tertiary/aromatic N) is 2. The molecule has 1 aliphatic heterocycles. The first-order valence-corrected chi connectivity index (χ1v) is 13.8. The quantitative estimate of drug-likeness (QED) is 0.258. The lowest BCUT2D eigenvalue weighted by molar-refractivity contribution is -0.134. The number of aryl methyl sites for hydroxylation is 1. The number of amides is 2. The predicted molar refractivity (Wildman–Crippen MR) is 162 cm³/mol. The number of anilines is 2. The van der Waals surface area contributed by atoms with Gasteiger partial charge in [-0.1, -0.05) is 49.2 Å². The van der Waals surface area contributed by atoms with Crippen LogP contribution in [-0.4, -0.2) is 48.0 Å². The molecule has 10 heteroatoms. The van der Waals surface area contributed by atoms with Gasteiger partial charge in [0.25, 0.3) is 0 Å². The van der Waals surface area contributed by atoms with Crippen LogP contribution >= 0.6 is 35.4 Å². The average Bonchev–Trinajstić information content (AvgIpc) is 3.38. The summed E-state index contributed by atoms with van der Waals surface area (Å²) in [6.45, 7) is 8.51. The first kappa shape index (κ1) is 28.7. The van der Waals surface area contributed by atoms with E-state index in [1.807, 2.05) is 62.1 Å². The summed E-state index contributed by atoms with van der Waals surface area (Å²) in [5, 5.41) is 6.96. The van der Waals surface area contributed by atoms with Gasteiger partial charge in [-0.05, 0) is 67.2 Å². The van der Waals surface area contributed by atoms with Gasteiger partial charge < -0.3 is 19.5 Å². The van der Waals surface area contributed by atoms with Gasteiger partial charge in [0.15, 0.2) is 5.11 Å². The summed E-state index contributed by atoms with van der Waals surface area (Å²) in [5.74, 6) is 0.938. The summed E-state index contributed by atoms with van der Waals surface area (Å²) in [4.78, 5) is 28.7. The third kappa shape index (κ3) is 7.41. The Morgan fingerprint density at radius 1 is 1.00 bits per heavy atom. The Morgan fingerprint density at radius 2 is 1.74 bits per heavy atom. The number of rotatable bonds is 6. The molecule has 2 N–H and O–H groups in total. The van der Waals surface area contributed by atoms with Crippen LogP contribution in [0.2, 0.25) is 10.0 Å². The van der Waals surface area contributed by atoms with Gasteiger partial charge >= 0.3 is 0 Å². The van der Waals surface area contributed by atoms with Crippen LogP contribution in [-0.2, 0) is 9.59 Å². The zero-order chi connectivity index (χ0) is 28.1. The summed E-state index contributed by atoms with van der Waals surface area (Å²) in [5.41, 5.74) is 3.38. The lowest BCUT2D eigenvalue weighted by Crippen LogP contribution is -2.50. The minimum atomic E-state index is -0.402. The van der Waals surface area contributed by atoms with Crippen molar-refractivity contribution in [2.45, 2.75) is 20.8 Å². The smallest absolute Gasteiger partial charge is 0.250 e. The molecule has 39 heavy (non-hydrogen) atoms. The maximum Gasteiger partial charge on any atom is 0.250 e. The molecule has 0 saturated carbocycles. The van der Waals surface area contributed by atoms with Gasteiger partial charge in [0.2, 0.25) is 11.8 Å². The summed E-state index contributed by atoms with van der Waals surface area (Å²) in [6.07, 6.45) is 2.91. The number of hydrogen-bond acceptors (Lipinski definition) is 5. The second kappa shape index (κ2) is 12.7. The molecule has 1 saturated heterocycles. The average molecular weight is 586 g/mol. The molecule has 0 aliphatic carbocycles. The molecule has 0 atom stereocenters. The Kier molecular flexibility index (Phi) is 9.32. The zero-order valence-corrected chi connectivity index (χ0v) is 24.3. The Morgan fingerprint density at radius 3 is 2.41 bits per heavy atom. The van der Waals surface area contributed by atoms with Crippen LogP contribution in [0.15, 0.2) is 59.0 Å². The van der Waals surface area contributed by atoms with Crippen LogP contribution in [0.3, 0.4) is 0 Å². The van der Waals surface area contributed by atoms with Gasteiger partial charge in [-0.25, -0.2) is 0 Å². The van der Waals surface area contributed by atoms with E-state index < -0.39 is 5.91 Å². The fourth-order valence-electron chi connectivity index (χ4n) is 4.19. The maximum atomic E-state index is 12.4. The molecule has 2 heterocycles. The molecule has 204 valence electrons. The standard InChI is InChI=1S/C29H30Cl2N4O3S/c1-18(2)28(37)35-14-12-34(13-15-35)25-9-6-21(17-24(25)31)32-29(39)33-27(36)11-8-22-7-10-26(38-22)20-5-4-19(3)23(30)16-20/h4-11,16-18H,12-15H2,1-3H3,(H2,32,33,36,39)/b11-8+. The van der Waals surface area contributed by atoms with E-state index in [-0.39, 0.29) is 16.9 Å². The molecule has 2 amide bonds. The molecule has 4 rings (SSSR count). The Hall–Kier alpha value is -3.33. The van der Waals surface area contributed by atoms with Gasteiger partial charge in [-0.2, -0.15) is 0 Å². The normalized spacial score (nSPS) is 13.7. The molecule has 0 spiro atoms. The number of carbonyl (C=O) groups excluding carboxylic acids is 2. The minimum Gasteiger partial charge on any atom is -0.457 e. The van der Waals surface area contributed by atoms with E-state index >= 15 is 0 Å². The number of furan rings is 1. The summed E-state index contributed by atoms with van der Waals surface area (Å²) in [6, 6.07) is 14.8. The van der Waals surface area contributed by atoms with E-state index in [4.69, 9.17) is 39.8 Å². The van der Waals surface area contributed by atoms with Crippen molar-refractivity contribution in [1.82, 2.24) is 10.2 Å². The Balaban J connectivity index is 1.28. The van der Waals surface area contributed by atoms with Gasteiger partial charge in [0.05, 0.1) is 10.7 Å². The molecular weight excluding hydrogens is 555 g/mol. The highest BCUT2D eigenvalue weighted by molar-refractivity contribution is 7.80. The predicted octanol–water partition coefficient (Wildman–Crippen LogP) is 6.39. The van der Waals surface area contributed by atoms with Crippen LogP contribution in [0.1, 0.15) is 25.2 Å². The van der Waals surface area contributed by atoms with Crippen molar-refractivity contribution in [2.75, 3.05) is 36.4 Å². The topological polar surface area (TPSA) is 77.8 Å². The van der Waals surface area contributed by atoms with Crippen molar-refractivity contribution >= 4 is 69.8 Å². The minimum absolute atomic E-state index is 0.00699. The van der Waals surface area contributed by atoms with Gasteiger partial charge in [-0.3, -0.25) is 14.9 Å². The summed E-state index contributed by atoms with van der Waals surface area (Å²) < 4.78 is 5.81. The zero-order valence-electron chi connectivity index (χ0n) is 22.0. The van der Waals surface area contributed by atoms with E-state index in [0.29, 0.717) is 53.4 Å². The molecule has 1 aliphatic rings. The molecular formula is C29H30Cl2N4O3S. The SMILES string of the molecule is Cc1ccc(-c2ccc(/C=C/C(=O)NC(=S)Nc3ccc(N4CCN(C(=O)C(C)C)CC4)c(Cl)c3)o2)cc1Cl. The number of nitrogens with one attached hydrogen (secondary N) is 2. The van der Waals surface area contributed by atoms with E-state index in [0.717, 1.165) is 16.8 Å². The van der Waals surface area contributed by atoms with Crippen LogP contribution in [0, 0.1) is 12.8 Å². The highest BCUT2D eigenvalue weighted by atomic mass is 35.5. The molecule has 2 aromatic carbocycles. The molecule has 1 aromatic heterocycles. The molecule has 7 nitrogen and oxygen atoms in total. The fourth-order valence-corrected chi connectivity index (χ4v) is 4.89. The van der Waals surface area contributed by atoms with Gasteiger partial charge in [0, 0.05) is 54.4 Å².